The summed E-state index contributed by atoms with van der Waals surface area (Å²) >= 11 is 0. The van der Waals surface area contributed by atoms with Gasteiger partial charge in [-0.15, -0.1) is 0 Å². The zero-order valence-corrected chi connectivity index (χ0v) is 28.0. The van der Waals surface area contributed by atoms with Gasteiger partial charge in [0.05, 0.1) is 0 Å². The molecule has 1 aliphatic rings. The largest absolute Gasteiger partial charge is 0.339 e. The van der Waals surface area contributed by atoms with Gasteiger partial charge in [0, 0.05) is 38.3 Å². The zero-order valence-electron chi connectivity index (χ0n) is 28.0. The van der Waals surface area contributed by atoms with Crippen LogP contribution in [-0.2, 0) is 4.79 Å². The van der Waals surface area contributed by atoms with E-state index in [1.165, 1.54) is 0 Å². The predicted octanol–water partition coefficient (Wildman–Crippen LogP) is 10.1. The lowest BCUT2D eigenvalue weighted by molar-refractivity contribution is -0.132. The number of urea groups is 1. The van der Waals surface area contributed by atoms with Crippen molar-refractivity contribution in [1.82, 2.24) is 9.80 Å². The van der Waals surface area contributed by atoms with Gasteiger partial charge in [0.2, 0.25) is 5.91 Å². The summed E-state index contributed by atoms with van der Waals surface area (Å²) in [6.07, 6.45) is 33.4. The Morgan fingerprint density at radius 1 is 0.659 bits per heavy atom. The molecule has 1 aromatic rings. The summed E-state index contributed by atoms with van der Waals surface area (Å²) < 4.78 is 0. The number of nitrogens with zero attached hydrogens (tertiary/aromatic N) is 2. The zero-order chi connectivity index (χ0) is 32.0. The molecule has 0 spiro atoms. The average molecular weight is 600 g/mol. The van der Waals surface area contributed by atoms with Crippen LogP contribution in [0.2, 0.25) is 0 Å². The van der Waals surface area contributed by atoms with Crippen molar-refractivity contribution in [3.05, 3.63) is 102 Å². The Kier molecular flexibility index (Phi) is 18.3. The maximum absolute atomic E-state index is 13.1. The topological polar surface area (TPSA) is 52.7 Å². The van der Waals surface area contributed by atoms with E-state index in [1.807, 2.05) is 9.80 Å². The van der Waals surface area contributed by atoms with Crippen LogP contribution in [0.5, 0.6) is 0 Å². The number of hydrogen-bond donors (Lipinski definition) is 1. The van der Waals surface area contributed by atoms with E-state index in [0.29, 0.717) is 44.4 Å². The highest BCUT2D eigenvalue weighted by Crippen LogP contribution is 2.32. The second-order valence-electron chi connectivity index (χ2n) is 11.9. The monoisotopic (exact) mass is 599 g/mol. The molecule has 0 aliphatic carbocycles. The Bertz CT molecular complexity index is 1140. The van der Waals surface area contributed by atoms with E-state index >= 15 is 0 Å². The number of para-hydroxylation sites is 1. The first-order chi connectivity index (χ1) is 21.3. The quantitative estimate of drug-likeness (QED) is 0.181. The number of amides is 3. The minimum Gasteiger partial charge on any atom is -0.339 e. The summed E-state index contributed by atoms with van der Waals surface area (Å²) in [6.45, 7) is 13.0. The van der Waals surface area contributed by atoms with Crippen molar-refractivity contribution in [1.29, 1.82) is 0 Å². The Hall–Kier alpha value is -3.60. The van der Waals surface area contributed by atoms with Gasteiger partial charge in [0.25, 0.3) is 0 Å². The third kappa shape index (κ3) is 14.2. The summed E-state index contributed by atoms with van der Waals surface area (Å²) in [5.41, 5.74) is 3.26. The molecule has 0 saturated carbocycles. The van der Waals surface area contributed by atoms with Crippen molar-refractivity contribution in [2.45, 2.75) is 97.8 Å². The second-order valence-corrected chi connectivity index (χ2v) is 11.9. The number of carbonyl (C=O) groups excluding carboxylic acids is 2. The minimum absolute atomic E-state index is 0.0786. The van der Waals surface area contributed by atoms with Gasteiger partial charge in [-0.05, 0) is 67.9 Å². The first-order valence-electron chi connectivity index (χ1n) is 16.7. The molecule has 0 aromatic heterocycles. The number of hydrogen-bond acceptors (Lipinski definition) is 2. The third-order valence-electron chi connectivity index (χ3n) is 7.65. The molecule has 1 N–H and O–H groups in total. The van der Waals surface area contributed by atoms with Gasteiger partial charge in [0.1, 0.15) is 0 Å². The van der Waals surface area contributed by atoms with Crippen molar-refractivity contribution in [3.63, 3.8) is 0 Å². The SMILES string of the molecule is CCC=CCC=CCC=CCC=CCC=CCC=CCCC(=O)N1CCN(C(=O)Nc2c(C(C)C)cccc2C(C)C)CC1. The van der Waals surface area contributed by atoms with Gasteiger partial charge >= 0.3 is 6.03 Å². The molecule has 1 saturated heterocycles. The highest BCUT2D eigenvalue weighted by Gasteiger charge is 2.25. The van der Waals surface area contributed by atoms with E-state index in [9.17, 15) is 9.59 Å². The smallest absolute Gasteiger partial charge is 0.321 e. The number of rotatable bonds is 17. The molecule has 5 heteroatoms. The van der Waals surface area contributed by atoms with Gasteiger partial charge in [0.15, 0.2) is 0 Å². The molecular weight excluding hydrogens is 542 g/mol. The van der Waals surface area contributed by atoms with Crippen LogP contribution in [0.3, 0.4) is 0 Å². The number of piperazine rings is 1. The van der Waals surface area contributed by atoms with E-state index in [1.54, 1.807) is 0 Å². The summed E-state index contributed by atoms with van der Waals surface area (Å²) in [6, 6.07) is 6.19. The molecular formula is C39H57N3O2. The van der Waals surface area contributed by atoms with Crippen LogP contribution in [-0.4, -0.2) is 47.9 Å². The molecule has 1 fully saturated rings. The fourth-order valence-electron chi connectivity index (χ4n) is 5.04. The first-order valence-corrected chi connectivity index (χ1v) is 16.7. The molecule has 1 heterocycles. The second kappa shape index (κ2) is 22.0. The summed E-state index contributed by atoms with van der Waals surface area (Å²) in [5, 5.41) is 3.20. The molecule has 0 radical (unpaired) electrons. The van der Waals surface area contributed by atoms with Crippen molar-refractivity contribution in [2.75, 3.05) is 31.5 Å². The summed E-state index contributed by atoms with van der Waals surface area (Å²) in [4.78, 5) is 29.6. The highest BCUT2D eigenvalue weighted by atomic mass is 16.2. The molecule has 0 unspecified atom stereocenters. The van der Waals surface area contributed by atoms with Gasteiger partial charge < -0.3 is 15.1 Å². The molecule has 5 nitrogen and oxygen atoms in total. The molecule has 2 rings (SSSR count). The fraction of sp³-hybridized carbons (Fsp3) is 0.487. The Labute approximate surface area is 268 Å². The maximum Gasteiger partial charge on any atom is 0.321 e. The number of anilines is 1. The van der Waals surface area contributed by atoms with E-state index in [-0.39, 0.29) is 11.9 Å². The van der Waals surface area contributed by atoms with E-state index < -0.39 is 0 Å². The van der Waals surface area contributed by atoms with Crippen LogP contribution in [0, 0.1) is 0 Å². The highest BCUT2D eigenvalue weighted by molar-refractivity contribution is 5.91. The minimum atomic E-state index is -0.0786. The van der Waals surface area contributed by atoms with Gasteiger partial charge in [-0.1, -0.05) is 126 Å². The van der Waals surface area contributed by atoms with Crippen LogP contribution in [0.4, 0.5) is 10.5 Å². The first kappa shape index (κ1) is 36.6. The van der Waals surface area contributed by atoms with Crippen LogP contribution in [0.15, 0.2) is 91.1 Å². The van der Waals surface area contributed by atoms with Crippen LogP contribution >= 0.6 is 0 Å². The van der Waals surface area contributed by atoms with Crippen molar-refractivity contribution >= 4 is 17.6 Å². The Morgan fingerprint density at radius 3 is 1.50 bits per heavy atom. The summed E-state index contributed by atoms with van der Waals surface area (Å²) in [7, 11) is 0. The molecule has 240 valence electrons. The van der Waals surface area contributed by atoms with Gasteiger partial charge in [-0.3, -0.25) is 4.79 Å². The fourth-order valence-corrected chi connectivity index (χ4v) is 5.04. The maximum atomic E-state index is 13.1. The number of allylic oxidation sites excluding steroid dienone is 12. The van der Waals surface area contributed by atoms with E-state index in [0.717, 1.165) is 61.8 Å². The Morgan fingerprint density at radius 2 is 1.07 bits per heavy atom. The standard InChI is InChI=1S/C39H57N3O2/c1-6-7-8-9-10-11-12-13-14-15-16-17-18-19-20-21-22-23-24-28-37(43)41-29-31-42(32-30-41)39(44)40-38-35(33(2)3)26-25-27-36(38)34(4)5/h7-8,10-11,13-14,16-17,19-20,22-23,25-27,33-34H,6,9,12,15,18,21,24,28-32H2,1-5H3,(H,40,44). The number of benzene rings is 1. The van der Waals surface area contributed by atoms with Crippen LogP contribution < -0.4 is 5.32 Å². The third-order valence-corrected chi connectivity index (χ3v) is 7.65. The number of carbonyl (C=O) groups is 2. The Balaban J connectivity index is 1.60. The molecule has 1 aliphatic heterocycles. The van der Waals surface area contributed by atoms with Crippen LogP contribution in [0.1, 0.15) is 109 Å². The summed E-state index contributed by atoms with van der Waals surface area (Å²) in [5.74, 6) is 0.802. The molecule has 1 aromatic carbocycles. The predicted molar refractivity (Wildman–Crippen MR) is 189 cm³/mol. The number of nitrogens with one attached hydrogen (secondary N) is 1. The lowest BCUT2D eigenvalue weighted by Gasteiger charge is -2.35. The van der Waals surface area contributed by atoms with Crippen LogP contribution in [0.25, 0.3) is 0 Å². The molecule has 44 heavy (non-hydrogen) atoms. The van der Waals surface area contributed by atoms with Crippen molar-refractivity contribution < 1.29 is 9.59 Å². The molecule has 0 atom stereocenters. The van der Waals surface area contributed by atoms with Crippen molar-refractivity contribution in [2.24, 2.45) is 0 Å². The van der Waals surface area contributed by atoms with E-state index in [2.05, 4.69) is 131 Å². The molecule has 0 bridgehead atoms. The van der Waals surface area contributed by atoms with Crippen molar-refractivity contribution in [3.8, 4) is 0 Å². The van der Waals surface area contributed by atoms with Gasteiger partial charge in [-0.2, -0.15) is 0 Å². The molecule has 3 amide bonds. The lowest BCUT2D eigenvalue weighted by atomic mass is 9.93. The van der Waals surface area contributed by atoms with Gasteiger partial charge in [-0.25, -0.2) is 4.79 Å². The average Bonchev–Trinajstić information content (AvgIpc) is 3.02. The normalized spacial score (nSPS) is 14.8. The lowest BCUT2D eigenvalue weighted by Crippen LogP contribution is -2.51. The van der Waals surface area contributed by atoms with E-state index in [4.69, 9.17) is 0 Å².